The molecule has 0 aliphatic heterocycles. The van der Waals surface area contributed by atoms with Gasteiger partial charge in [-0.1, -0.05) is 13.3 Å². The summed E-state index contributed by atoms with van der Waals surface area (Å²) >= 11 is 0. The summed E-state index contributed by atoms with van der Waals surface area (Å²) in [5.74, 6) is -0.620. The van der Waals surface area contributed by atoms with E-state index in [0.29, 0.717) is 11.0 Å². The van der Waals surface area contributed by atoms with E-state index in [1.165, 1.54) is 12.1 Å². The Labute approximate surface area is 111 Å². The topological polar surface area (TPSA) is 58.3 Å². The first kappa shape index (κ1) is 15.0. The summed E-state index contributed by atoms with van der Waals surface area (Å²) in [6.45, 7) is 2.87. The highest BCUT2D eigenvalue weighted by molar-refractivity contribution is 6.59. The normalized spacial score (nSPS) is 10.4. The minimum Gasteiger partial charge on any atom is -0.423 e. The van der Waals surface area contributed by atoms with E-state index in [4.69, 9.17) is 10.0 Å². The molecule has 0 aliphatic rings. The molecule has 2 rings (SSSR count). The van der Waals surface area contributed by atoms with Gasteiger partial charge < -0.3 is 14.6 Å². The Balaban J connectivity index is 0.00000162. The number of imidazole rings is 1. The average molecular weight is 273 g/mol. The molecule has 0 saturated carbocycles. The van der Waals surface area contributed by atoms with Crippen molar-refractivity contribution in [2.24, 2.45) is 0 Å². The monoisotopic (exact) mass is 272 g/mol. The van der Waals surface area contributed by atoms with Crippen LogP contribution in [0.1, 0.15) is 19.8 Å². The van der Waals surface area contributed by atoms with Crippen LogP contribution in [0.5, 0.6) is 0 Å². The summed E-state index contributed by atoms with van der Waals surface area (Å²) < 4.78 is 15.5. The van der Waals surface area contributed by atoms with Crippen LogP contribution < -0.4 is 5.46 Å². The van der Waals surface area contributed by atoms with E-state index < -0.39 is 12.9 Å². The second-order valence-electron chi connectivity index (χ2n) is 4.03. The fourth-order valence-electron chi connectivity index (χ4n) is 1.80. The third-order valence-electron chi connectivity index (χ3n) is 2.77. The largest absolute Gasteiger partial charge is 0.491 e. The summed E-state index contributed by atoms with van der Waals surface area (Å²) in [5.41, 5.74) is 1.11. The summed E-state index contributed by atoms with van der Waals surface area (Å²) in [6, 6.07) is 2.67. The van der Waals surface area contributed by atoms with Crippen molar-refractivity contribution in [3.8, 4) is 0 Å². The SMILES string of the molecule is CCCCn1cnc2cc(B(O)O)c(F)cc21.Cl. The summed E-state index contributed by atoms with van der Waals surface area (Å²) in [7, 11) is -1.81. The molecule has 98 valence electrons. The Morgan fingerprint density at radius 2 is 2.11 bits per heavy atom. The second kappa shape index (κ2) is 6.18. The Morgan fingerprint density at radius 1 is 1.39 bits per heavy atom. The van der Waals surface area contributed by atoms with Gasteiger partial charge in [-0.25, -0.2) is 9.37 Å². The number of rotatable bonds is 4. The van der Waals surface area contributed by atoms with Crippen LogP contribution in [-0.4, -0.2) is 26.7 Å². The molecule has 0 atom stereocenters. The van der Waals surface area contributed by atoms with E-state index >= 15 is 0 Å². The fraction of sp³-hybridized carbons (Fsp3) is 0.364. The van der Waals surface area contributed by atoms with Gasteiger partial charge in [0.2, 0.25) is 0 Å². The summed E-state index contributed by atoms with van der Waals surface area (Å²) in [5, 5.41) is 18.0. The van der Waals surface area contributed by atoms with Gasteiger partial charge in [-0.2, -0.15) is 0 Å². The lowest BCUT2D eigenvalue weighted by Gasteiger charge is -2.05. The molecular weight excluding hydrogens is 257 g/mol. The first-order chi connectivity index (χ1) is 8.13. The molecule has 2 aromatic rings. The van der Waals surface area contributed by atoms with Gasteiger partial charge in [0.25, 0.3) is 0 Å². The molecular formula is C11H15BClFN2O2. The van der Waals surface area contributed by atoms with Gasteiger partial charge in [0.1, 0.15) is 5.82 Å². The highest BCUT2D eigenvalue weighted by Crippen LogP contribution is 2.14. The maximum atomic E-state index is 13.6. The second-order valence-corrected chi connectivity index (χ2v) is 4.03. The van der Waals surface area contributed by atoms with Crippen molar-refractivity contribution in [1.82, 2.24) is 9.55 Å². The zero-order valence-electron chi connectivity index (χ0n) is 10.0. The number of unbranched alkanes of at least 4 members (excludes halogenated alkanes) is 1. The van der Waals surface area contributed by atoms with Crippen LogP contribution in [0, 0.1) is 5.82 Å². The molecule has 2 N–H and O–H groups in total. The van der Waals surface area contributed by atoms with Crippen LogP contribution in [0.3, 0.4) is 0 Å². The van der Waals surface area contributed by atoms with Gasteiger partial charge in [-0.05, 0) is 18.6 Å². The zero-order valence-corrected chi connectivity index (χ0v) is 10.8. The Hall–Kier alpha value is -1.11. The van der Waals surface area contributed by atoms with Crippen LogP contribution in [0.2, 0.25) is 0 Å². The molecule has 1 heterocycles. The van der Waals surface area contributed by atoms with Crippen LogP contribution >= 0.6 is 12.4 Å². The zero-order chi connectivity index (χ0) is 12.4. The maximum Gasteiger partial charge on any atom is 0.491 e. The van der Waals surface area contributed by atoms with Gasteiger partial charge in [-0.3, -0.25) is 0 Å². The van der Waals surface area contributed by atoms with Crippen LogP contribution in [-0.2, 0) is 6.54 Å². The van der Waals surface area contributed by atoms with Gasteiger partial charge in [0, 0.05) is 12.0 Å². The number of aryl methyl sites for hydroxylation is 1. The van der Waals surface area contributed by atoms with E-state index in [1.807, 2.05) is 4.57 Å². The minimum absolute atomic E-state index is 0. The van der Waals surface area contributed by atoms with Crippen molar-refractivity contribution in [2.75, 3.05) is 0 Å². The van der Waals surface area contributed by atoms with Crippen LogP contribution in [0.4, 0.5) is 4.39 Å². The van der Waals surface area contributed by atoms with E-state index in [9.17, 15) is 4.39 Å². The average Bonchev–Trinajstić information content (AvgIpc) is 2.67. The third-order valence-corrected chi connectivity index (χ3v) is 2.77. The van der Waals surface area contributed by atoms with Crippen molar-refractivity contribution in [3.05, 3.63) is 24.3 Å². The molecule has 4 nitrogen and oxygen atoms in total. The lowest BCUT2D eigenvalue weighted by Crippen LogP contribution is -2.32. The predicted octanol–water partition coefficient (Wildman–Crippen LogP) is 1.08. The molecule has 0 saturated heterocycles. The standard InChI is InChI=1S/C11H14BFN2O2.ClH/c1-2-3-4-15-7-14-10-5-8(12(16)17)9(13)6-11(10)15;/h5-7,16-17H,2-4H2,1H3;1H. The van der Waals surface area contributed by atoms with Crippen molar-refractivity contribution in [1.29, 1.82) is 0 Å². The number of benzene rings is 1. The van der Waals surface area contributed by atoms with E-state index in [2.05, 4.69) is 11.9 Å². The van der Waals surface area contributed by atoms with Crippen molar-refractivity contribution in [2.45, 2.75) is 26.3 Å². The lowest BCUT2D eigenvalue weighted by atomic mass is 9.79. The highest BCUT2D eigenvalue weighted by atomic mass is 35.5. The molecule has 1 aromatic heterocycles. The Morgan fingerprint density at radius 3 is 2.72 bits per heavy atom. The molecule has 18 heavy (non-hydrogen) atoms. The Kier molecular flexibility index (Phi) is 5.13. The molecule has 0 radical (unpaired) electrons. The third kappa shape index (κ3) is 2.83. The van der Waals surface area contributed by atoms with Gasteiger partial charge in [-0.15, -0.1) is 12.4 Å². The number of halogens is 2. The smallest absolute Gasteiger partial charge is 0.423 e. The van der Waals surface area contributed by atoms with Crippen molar-refractivity contribution in [3.63, 3.8) is 0 Å². The number of nitrogens with zero attached hydrogens (tertiary/aromatic N) is 2. The summed E-state index contributed by atoms with van der Waals surface area (Å²) in [4.78, 5) is 4.13. The van der Waals surface area contributed by atoms with Crippen LogP contribution in [0.25, 0.3) is 11.0 Å². The number of hydrogen-bond donors (Lipinski definition) is 2. The molecule has 0 bridgehead atoms. The molecule has 0 amide bonds. The van der Waals surface area contributed by atoms with Gasteiger partial charge >= 0.3 is 7.12 Å². The van der Waals surface area contributed by atoms with Gasteiger partial charge in [0.05, 0.1) is 17.4 Å². The van der Waals surface area contributed by atoms with E-state index in [0.717, 1.165) is 19.4 Å². The molecule has 0 aliphatic carbocycles. The molecule has 1 aromatic carbocycles. The first-order valence-electron chi connectivity index (χ1n) is 5.64. The number of fused-ring (bicyclic) bond motifs is 1. The molecule has 0 spiro atoms. The van der Waals surface area contributed by atoms with Crippen molar-refractivity contribution < 1.29 is 14.4 Å². The first-order valence-corrected chi connectivity index (χ1v) is 5.64. The van der Waals surface area contributed by atoms with E-state index in [1.54, 1.807) is 6.33 Å². The van der Waals surface area contributed by atoms with Gasteiger partial charge in [0.15, 0.2) is 0 Å². The molecule has 0 unspecified atom stereocenters. The van der Waals surface area contributed by atoms with Crippen LogP contribution in [0.15, 0.2) is 18.5 Å². The summed E-state index contributed by atoms with van der Waals surface area (Å²) in [6.07, 6.45) is 3.69. The minimum atomic E-state index is -1.81. The number of aromatic nitrogens is 2. The fourth-order valence-corrected chi connectivity index (χ4v) is 1.80. The van der Waals surface area contributed by atoms with Crippen molar-refractivity contribution >= 4 is 36.0 Å². The predicted molar refractivity (Wildman–Crippen MR) is 71.7 cm³/mol. The Bertz CT molecular complexity index is 533. The highest BCUT2D eigenvalue weighted by Gasteiger charge is 2.18. The van der Waals surface area contributed by atoms with E-state index in [-0.39, 0.29) is 17.9 Å². The molecule has 7 heteroatoms. The lowest BCUT2D eigenvalue weighted by molar-refractivity contribution is 0.423. The number of hydrogen-bond acceptors (Lipinski definition) is 3. The molecule has 0 fully saturated rings. The maximum absolute atomic E-state index is 13.6. The quantitative estimate of drug-likeness (QED) is 0.819.